The molecule has 1 fully saturated rings. The molecule has 0 saturated carbocycles. The first-order chi connectivity index (χ1) is 9.02. The van der Waals surface area contributed by atoms with Crippen LogP contribution in [0.1, 0.15) is 12.0 Å². The number of nitro groups is 1. The number of carboxylic acid groups (broad SMARTS) is 1. The number of hydrogen-bond acceptors (Lipinski definition) is 6. The Kier molecular flexibility index (Phi) is 3.29. The zero-order chi connectivity index (χ0) is 14.0. The van der Waals surface area contributed by atoms with E-state index in [1.54, 1.807) is 11.0 Å². The molecule has 1 saturated heterocycles. The molecule has 98 valence electrons. The minimum Gasteiger partial charge on any atom is -0.481 e. The summed E-state index contributed by atoms with van der Waals surface area (Å²) in [6.07, 6.45) is 1.67. The van der Waals surface area contributed by atoms with Crippen LogP contribution in [0.4, 0.5) is 11.5 Å². The van der Waals surface area contributed by atoms with Gasteiger partial charge < -0.3 is 10.0 Å². The van der Waals surface area contributed by atoms with Gasteiger partial charge in [-0.1, -0.05) is 0 Å². The smallest absolute Gasteiger partial charge is 0.312 e. The van der Waals surface area contributed by atoms with Crippen molar-refractivity contribution in [1.82, 2.24) is 4.98 Å². The first kappa shape index (κ1) is 12.8. The maximum Gasteiger partial charge on any atom is 0.312 e. The summed E-state index contributed by atoms with van der Waals surface area (Å²) in [7, 11) is 0. The summed E-state index contributed by atoms with van der Waals surface area (Å²) in [5, 5.41) is 28.6. The molecule has 1 aromatic heterocycles. The van der Waals surface area contributed by atoms with E-state index in [0.717, 1.165) is 6.07 Å². The van der Waals surface area contributed by atoms with Gasteiger partial charge in [0.25, 0.3) is 0 Å². The van der Waals surface area contributed by atoms with E-state index in [4.69, 9.17) is 10.4 Å². The van der Waals surface area contributed by atoms with E-state index in [1.165, 1.54) is 6.20 Å². The molecule has 1 N–H and O–H groups in total. The van der Waals surface area contributed by atoms with E-state index in [0.29, 0.717) is 13.0 Å². The van der Waals surface area contributed by atoms with E-state index >= 15 is 0 Å². The second-order valence-corrected chi connectivity index (χ2v) is 4.21. The van der Waals surface area contributed by atoms with Crippen LogP contribution in [0.25, 0.3) is 0 Å². The highest BCUT2D eigenvalue weighted by molar-refractivity contribution is 5.72. The second kappa shape index (κ2) is 4.89. The number of pyridine rings is 1. The Bertz CT molecular complexity index is 581. The normalized spacial score (nSPS) is 18.1. The van der Waals surface area contributed by atoms with Crippen molar-refractivity contribution in [2.24, 2.45) is 5.92 Å². The molecule has 8 heteroatoms. The highest BCUT2D eigenvalue weighted by atomic mass is 16.6. The Morgan fingerprint density at radius 2 is 2.42 bits per heavy atom. The molecular weight excluding hydrogens is 252 g/mol. The van der Waals surface area contributed by atoms with Crippen LogP contribution < -0.4 is 4.90 Å². The van der Waals surface area contributed by atoms with Crippen LogP contribution >= 0.6 is 0 Å². The van der Waals surface area contributed by atoms with Crippen molar-refractivity contribution in [2.75, 3.05) is 18.0 Å². The van der Waals surface area contributed by atoms with Crippen LogP contribution in [0.15, 0.2) is 12.3 Å². The van der Waals surface area contributed by atoms with Crippen LogP contribution in [-0.4, -0.2) is 34.1 Å². The highest BCUT2D eigenvalue weighted by Gasteiger charge is 2.32. The number of carbonyl (C=O) groups is 1. The predicted octanol–water partition coefficient (Wildman–Crippen LogP) is 0.772. The number of anilines is 1. The average Bonchev–Trinajstić information content (AvgIpc) is 2.87. The Morgan fingerprint density at radius 3 is 2.95 bits per heavy atom. The van der Waals surface area contributed by atoms with Gasteiger partial charge in [0.05, 0.1) is 16.4 Å². The molecule has 0 spiro atoms. The number of carboxylic acids is 1. The van der Waals surface area contributed by atoms with Crippen molar-refractivity contribution in [3.63, 3.8) is 0 Å². The largest absolute Gasteiger partial charge is 0.481 e. The van der Waals surface area contributed by atoms with E-state index < -0.39 is 16.8 Å². The summed E-state index contributed by atoms with van der Waals surface area (Å²) in [4.78, 5) is 26.7. The lowest BCUT2D eigenvalue weighted by Crippen LogP contribution is -2.24. The first-order valence-electron chi connectivity index (χ1n) is 5.55. The number of nitrogens with zero attached hydrogens (tertiary/aromatic N) is 4. The Labute approximate surface area is 108 Å². The maximum absolute atomic E-state index is 11.0. The molecule has 0 bridgehead atoms. The molecule has 0 aromatic carbocycles. The zero-order valence-corrected chi connectivity index (χ0v) is 9.81. The van der Waals surface area contributed by atoms with Gasteiger partial charge in [-0.3, -0.25) is 14.9 Å². The Morgan fingerprint density at radius 1 is 1.68 bits per heavy atom. The molecular formula is C11H10N4O4. The zero-order valence-electron chi connectivity index (χ0n) is 9.81. The van der Waals surface area contributed by atoms with Crippen LogP contribution in [0, 0.1) is 27.4 Å². The van der Waals surface area contributed by atoms with Crippen molar-refractivity contribution < 1.29 is 14.8 Å². The standard InChI is InChI=1S/C11H10N4O4/c12-4-7-3-9(15(18)19)10(13-5-7)14-2-1-8(6-14)11(16)17/h3,5,8H,1-2,6H2,(H,16,17). The molecule has 19 heavy (non-hydrogen) atoms. The summed E-state index contributed by atoms with van der Waals surface area (Å²) >= 11 is 0. The Balaban J connectivity index is 2.33. The number of nitriles is 1. The molecule has 8 nitrogen and oxygen atoms in total. The van der Waals surface area contributed by atoms with E-state index in [9.17, 15) is 14.9 Å². The van der Waals surface area contributed by atoms with Crippen LogP contribution in [0.5, 0.6) is 0 Å². The monoisotopic (exact) mass is 262 g/mol. The first-order valence-corrected chi connectivity index (χ1v) is 5.55. The molecule has 1 aromatic rings. The van der Waals surface area contributed by atoms with Crippen LogP contribution in [0.3, 0.4) is 0 Å². The molecule has 1 aliphatic rings. The maximum atomic E-state index is 11.0. The lowest BCUT2D eigenvalue weighted by molar-refractivity contribution is -0.384. The van der Waals surface area contributed by atoms with Gasteiger partial charge in [0.2, 0.25) is 5.82 Å². The third-order valence-electron chi connectivity index (χ3n) is 3.01. The molecule has 0 radical (unpaired) electrons. The van der Waals surface area contributed by atoms with Crippen molar-refractivity contribution in [1.29, 1.82) is 5.26 Å². The third kappa shape index (κ3) is 2.44. The number of hydrogen-bond donors (Lipinski definition) is 1. The third-order valence-corrected chi connectivity index (χ3v) is 3.01. The average molecular weight is 262 g/mol. The molecule has 1 atom stereocenters. The van der Waals surface area contributed by atoms with Gasteiger partial charge in [0.15, 0.2) is 0 Å². The van der Waals surface area contributed by atoms with Gasteiger partial charge in [0.1, 0.15) is 6.07 Å². The van der Waals surface area contributed by atoms with E-state index in [1.807, 2.05) is 0 Å². The van der Waals surface area contributed by atoms with Gasteiger partial charge in [-0.2, -0.15) is 5.26 Å². The highest BCUT2D eigenvalue weighted by Crippen LogP contribution is 2.30. The molecule has 2 rings (SSSR count). The second-order valence-electron chi connectivity index (χ2n) is 4.21. The van der Waals surface area contributed by atoms with Crippen molar-refractivity contribution in [3.05, 3.63) is 27.9 Å². The molecule has 1 unspecified atom stereocenters. The van der Waals surface area contributed by atoms with Crippen molar-refractivity contribution in [3.8, 4) is 6.07 Å². The van der Waals surface area contributed by atoms with Crippen LogP contribution in [-0.2, 0) is 4.79 Å². The summed E-state index contributed by atoms with van der Waals surface area (Å²) < 4.78 is 0. The molecule has 1 aliphatic heterocycles. The minimum absolute atomic E-state index is 0.101. The number of rotatable bonds is 3. The fourth-order valence-corrected chi connectivity index (χ4v) is 2.04. The van der Waals surface area contributed by atoms with Crippen molar-refractivity contribution in [2.45, 2.75) is 6.42 Å². The summed E-state index contributed by atoms with van der Waals surface area (Å²) in [5.74, 6) is -1.34. The summed E-state index contributed by atoms with van der Waals surface area (Å²) in [6, 6.07) is 2.94. The number of aliphatic carboxylic acids is 1. The minimum atomic E-state index is -0.918. The van der Waals surface area contributed by atoms with E-state index in [2.05, 4.69) is 4.98 Å². The summed E-state index contributed by atoms with van der Waals surface area (Å²) in [6.45, 7) is 0.589. The lowest BCUT2D eigenvalue weighted by Gasteiger charge is -2.16. The van der Waals surface area contributed by atoms with Crippen LogP contribution in [0.2, 0.25) is 0 Å². The van der Waals surface area contributed by atoms with E-state index in [-0.39, 0.29) is 23.6 Å². The fraction of sp³-hybridized carbons (Fsp3) is 0.364. The topological polar surface area (TPSA) is 120 Å². The van der Waals surface area contributed by atoms with Crippen molar-refractivity contribution >= 4 is 17.5 Å². The summed E-state index contributed by atoms with van der Waals surface area (Å²) in [5.41, 5.74) is -0.172. The SMILES string of the molecule is N#Cc1cnc(N2CCC(C(=O)O)C2)c([N+](=O)[O-])c1. The lowest BCUT2D eigenvalue weighted by atomic mass is 10.1. The van der Waals surface area contributed by atoms with Gasteiger partial charge >= 0.3 is 11.7 Å². The van der Waals surface area contributed by atoms with Gasteiger partial charge in [-0.15, -0.1) is 0 Å². The Hall–Kier alpha value is -2.69. The van der Waals surface area contributed by atoms with Gasteiger partial charge in [0, 0.05) is 25.4 Å². The quantitative estimate of drug-likeness (QED) is 0.630. The number of aromatic nitrogens is 1. The van der Waals surface area contributed by atoms with Gasteiger partial charge in [-0.05, 0) is 6.42 Å². The molecule has 2 heterocycles. The predicted molar refractivity (Wildman–Crippen MR) is 63.6 cm³/mol. The fourth-order valence-electron chi connectivity index (χ4n) is 2.04. The molecule has 0 amide bonds. The van der Waals surface area contributed by atoms with Gasteiger partial charge in [-0.25, -0.2) is 4.98 Å². The molecule has 0 aliphatic carbocycles.